The Balaban J connectivity index is 1.54. The second-order valence-electron chi connectivity index (χ2n) is 5.08. The van der Waals surface area contributed by atoms with E-state index in [0.29, 0.717) is 18.2 Å². The van der Waals surface area contributed by atoms with Crippen LogP contribution in [0.1, 0.15) is 29.2 Å². The Morgan fingerprint density at radius 1 is 1.55 bits per heavy atom. The molecule has 2 N–H and O–H groups in total. The molecule has 0 radical (unpaired) electrons. The van der Waals surface area contributed by atoms with Gasteiger partial charge in [-0.05, 0) is 37.0 Å². The fourth-order valence-corrected chi connectivity index (χ4v) is 2.07. The largest absolute Gasteiger partial charge is 0.454 e. The summed E-state index contributed by atoms with van der Waals surface area (Å²) in [6.45, 7) is 0.768. The Bertz CT molecular complexity index is 572. The molecule has 0 bridgehead atoms. The molecule has 0 spiro atoms. The Morgan fingerprint density at radius 2 is 2.40 bits per heavy atom. The monoisotopic (exact) mass is 275 g/mol. The van der Waals surface area contributed by atoms with E-state index in [1.54, 1.807) is 23.0 Å². The van der Waals surface area contributed by atoms with Crippen LogP contribution in [0.15, 0.2) is 35.0 Å². The maximum atomic E-state index is 11.9. The third kappa shape index (κ3) is 3.08. The van der Waals surface area contributed by atoms with Gasteiger partial charge in [0.1, 0.15) is 5.76 Å². The van der Waals surface area contributed by atoms with Crippen molar-refractivity contribution in [1.29, 1.82) is 0 Å². The number of hydrogen-bond donors (Lipinski definition) is 2. The predicted octanol–water partition coefficient (Wildman–Crippen LogP) is 1.03. The summed E-state index contributed by atoms with van der Waals surface area (Å²) in [6, 6.07) is 5.22. The average Bonchev–Trinajstić information content (AvgIpc) is 2.98. The fraction of sp³-hybridized carbons (Fsp3) is 0.429. The van der Waals surface area contributed by atoms with Crippen molar-refractivity contribution in [2.75, 3.05) is 6.54 Å². The van der Waals surface area contributed by atoms with E-state index in [-0.39, 0.29) is 18.2 Å². The second kappa shape index (κ2) is 5.50. The Kier molecular flexibility index (Phi) is 3.56. The molecule has 1 fully saturated rings. The number of carbonyl (C=O) groups is 1. The maximum Gasteiger partial charge on any atom is 0.287 e. The zero-order chi connectivity index (χ0) is 13.9. The number of nitrogens with zero attached hydrogens (tertiary/aromatic N) is 2. The zero-order valence-corrected chi connectivity index (χ0v) is 11.0. The lowest BCUT2D eigenvalue weighted by molar-refractivity contribution is 0.0872. The van der Waals surface area contributed by atoms with Gasteiger partial charge in [0.15, 0.2) is 5.76 Å². The first-order valence-corrected chi connectivity index (χ1v) is 6.75. The Hall–Kier alpha value is -2.08. The number of rotatable bonds is 6. The van der Waals surface area contributed by atoms with Crippen LogP contribution in [0.3, 0.4) is 0 Å². The molecule has 1 saturated carbocycles. The molecule has 6 heteroatoms. The van der Waals surface area contributed by atoms with Crippen molar-refractivity contribution < 1.29 is 14.3 Å². The maximum absolute atomic E-state index is 11.9. The van der Waals surface area contributed by atoms with Crippen LogP contribution in [-0.2, 0) is 6.54 Å². The quantitative estimate of drug-likeness (QED) is 0.825. The van der Waals surface area contributed by atoms with Gasteiger partial charge in [0, 0.05) is 18.9 Å². The van der Waals surface area contributed by atoms with E-state index < -0.39 is 6.10 Å². The Morgan fingerprint density at radius 3 is 3.10 bits per heavy atom. The van der Waals surface area contributed by atoms with Gasteiger partial charge in [0.05, 0.1) is 12.6 Å². The average molecular weight is 275 g/mol. The molecule has 1 unspecified atom stereocenters. The van der Waals surface area contributed by atoms with Gasteiger partial charge in [-0.3, -0.25) is 9.48 Å². The van der Waals surface area contributed by atoms with Crippen LogP contribution in [0.25, 0.3) is 0 Å². The van der Waals surface area contributed by atoms with Gasteiger partial charge in [0.2, 0.25) is 0 Å². The summed E-state index contributed by atoms with van der Waals surface area (Å²) in [6.07, 6.45) is 5.17. The molecule has 20 heavy (non-hydrogen) atoms. The summed E-state index contributed by atoms with van der Waals surface area (Å²) in [5.74, 6) is 0.982. The van der Waals surface area contributed by atoms with Crippen LogP contribution in [0.5, 0.6) is 0 Å². The minimum absolute atomic E-state index is 0.259. The van der Waals surface area contributed by atoms with Crippen LogP contribution in [-0.4, -0.2) is 33.4 Å². The first-order chi connectivity index (χ1) is 9.72. The molecule has 6 nitrogen and oxygen atoms in total. The molecule has 0 saturated heterocycles. The summed E-state index contributed by atoms with van der Waals surface area (Å²) in [4.78, 5) is 11.9. The van der Waals surface area contributed by atoms with Gasteiger partial charge in [-0.2, -0.15) is 5.10 Å². The highest BCUT2D eigenvalue weighted by molar-refractivity contribution is 5.91. The molecule has 1 aliphatic rings. The highest BCUT2D eigenvalue weighted by atomic mass is 16.4. The predicted molar refractivity (Wildman–Crippen MR) is 71.1 cm³/mol. The lowest BCUT2D eigenvalue weighted by Gasteiger charge is -2.09. The van der Waals surface area contributed by atoms with Gasteiger partial charge in [0.25, 0.3) is 5.91 Å². The molecule has 0 aliphatic heterocycles. The molecule has 2 heterocycles. The van der Waals surface area contributed by atoms with E-state index in [4.69, 9.17) is 4.42 Å². The van der Waals surface area contributed by atoms with Crippen molar-refractivity contribution in [2.24, 2.45) is 5.92 Å². The number of nitrogens with one attached hydrogen (secondary N) is 1. The minimum Gasteiger partial charge on any atom is -0.454 e. The number of furan rings is 1. The third-order valence-electron chi connectivity index (χ3n) is 3.40. The standard InChI is InChI=1S/C14H17N3O3/c18-12(10-2-3-10)8-15-14(19)13-5-4-11(20-13)9-17-7-1-6-16-17/h1,4-7,10,12,18H,2-3,8-9H2,(H,15,19). The summed E-state index contributed by atoms with van der Waals surface area (Å²) in [5.41, 5.74) is 0. The smallest absolute Gasteiger partial charge is 0.287 e. The van der Waals surface area contributed by atoms with E-state index >= 15 is 0 Å². The number of aliphatic hydroxyl groups excluding tert-OH is 1. The third-order valence-corrected chi connectivity index (χ3v) is 3.40. The van der Waals surface area contributed by atoms with Gasteiger partial charge >= 0.3 is 0 Å². The molecular formula is C14H17N3O3. The van der Waals surface area contributed by atoms with E-state index in [1.165, 1.54) is 0 Å². The van der Waals surface area contributed by atoms with E-state index in [1.807, 2.05) is 12.3 Å². The minimum atomic E-state index is -0.447. The van der Waals surface area contributed by atoms with Crippen molar-refractivity contribution in [2.45, 2.75) is 25.5 Å². The molecule has 1 aliphatic carbocycles. The van der Waals surface area contributed by atoms with E-state index in [0.717, 1.165) is 12.8 Å². The molecule has 106 valence electrons. The molecule has 1 amide bonds. The number of aromatic nitrogens is 2. The SMILES string of the molecule is O=C(NCC(O)C1CC1)c1ccc(Cn2cccn2)o1. The highest BCUT2D eigenvalue weighted by Crippen LogP contribution is 2.32. The lowest BCUT2D eigenvalue weighted by atomic mass is 10.2. The number of carbonyl (C=O) groups excluding carboxylic acids is 1. The molecule has 1 atom stereocenters. The van der Waals surface area contributed by atoms with Crippen molar-refractivity contribution >= 4 is 5.91 Å². The van der Waals surface area contributed by atoms with Gasteiger partial charge in [-0.15, -0.1) is 0 Å². The van der Waals surface area contributed by atoms with Gasteiger partial charge < -0.3 is 14.8 Å². The number of aliphatic hydroxyl groups is 1. The summed E-state index contributed by atoms with van der Waals surface area (Å²) < 4.78 is 7.19. The number of hydrogen-bond acceptors (Lipinski definition) is 4. The van der Waals surface area contributed by atoms with Crippen LogP contribution in [0.4, 0.5) is 0 Å². The first kappa shape index (κ1) is 12.9. The van der Waals surface area contributed by atoms with Crippen molar-refractivity contribution in [3.63, 3.8) is 0 Å². The van der Waals surface area contributed by atoms with Crippen LogP contribution in [0.2, 0.25) is 0 Å². The Labute approximate surface area is 116 Å². The second-order valence-corrected chi connectivity index (χ2v) is 5.08. The van der Waals surface area contributed by atoms with Gasteiger partial charge in [-0.25, -0.2) is 0 Å². The zero-order valence-electron chi connectivity index (χ0n) is 11.0. The summed E-state index contributed by atoms with van der Waals surface area (Å²) in [5, 5.41) is 16.5. The topological polar surface area (TPSA) is 80.3 Å². The lowest BCUT2D eigenvalue weighted by Crippen LogP contribution is -2.32. The molecule has 3 rings (SSSR count). The number of amides is 1. The van der Waals surface area contributed by atoms with Crippen LogP contribution >= 0.6 is 0 Å². The van der Waals surface area contributed by atoms with E-state index in [2.05, 4.69) is 10.4 Å². The fourth-order valence-electron chi connectivity index (χ4n) is 2.07. The molecule has 0 aromatic carbocycles. The first-order valence-electron chi connectivity index (χ1n) is 6.75. The summed E-state index contributed by atoms with van der Waals surface area (Å²) >= 11 is 0. The highest BCUT2D eigenvalue weighted by Gasteiger charge is 2.29. The van der Waals surface area contributed by atoms with Gasteiger partial charge in [-0.1, -0.05) is 0 Å². The van der Waals surface area contributed by atoms with Crippen LogP contribution in [0, 0.1) is 5.92 Å². The van der Waals surface area contributed by atoms with E-state index in [9.17, 15) is 9.90 Å². The molecule has 2 aromatic rings. The van der Waals surface area contributed by atoms with Crippen molar-refractivity contribution in [3.05, 3.63) is 42.1 Å². The van der Waals surface area contributed by atoms with Crippen molar-refractivity contribution in [1.82, 2.24) is 15.1 Å². The van der Waals surface area contributed by atoms with Crippen LogP contribution < -0.4 is 5.32 Å². The normalized spacial score (nSPS) is 16.1. The molecule has 2 aromatic heterocycles. The summed E-state index contributed by atoms with van der Waals surface area (Å²) in [7, 11) is 0. The van der Waals surface area contributed by atoms with Crippen molar-refractivity contribution in [3.8, 4) is 0 Å². The molecular weight excluding hydrogens is 258 g/mol.